The molecule has 0 atom stereocenters. The maximum atomic E-state index is 4.54. The first-order chi connectivity index (χ1) is 14.9. The lowest BCUT2D eigenvalue weighted by atomic mass is 9.91. The molecule has 6 aromatic rings. The Labute approximate surface area is 174 Å². The van der Waals surface area contributed by atoms with Crippen LogP contribution in [0.1, 0.15) is 0 Å². The fraction of sp³-hybridized carbons (Fsp3) is 0. The van der Waals surface area contributed by atoms with Gasteiger partial charge < -0.3 is 0 Å². The average Bonchev–Trinajstić information content (AvgIpc) is 2.85. The van der Waals surface area contributed by atoms with E-state index in [1.165, 1.54) is 32.3 Å². The van der Waals surface area contributed by atoms with Crippen LogP contribution in [-0.2, 0) is 0 Å². The number of fused-ring (bicyclic) bond motifs is 6. The van der Waals surface area contributed by atoms with Gasteiger partial charge in [-0.3, -0.25) is 9.97 Å². The molecule has 0 fully saturated rings. The molecule has 0 aliphatic rings. The van der Waals surface area contributed by atoms with E-state index in [9.17, 15) is 0 Å². The largest absolute Gasteiger partial charge is 0.256 e. The van der Waals surface area contributed by atoms with Gasteiger partial charge in [-0.2, -0.15) is 0 Å². The van der Waals surface area contributed by atoms with E-state index < -0.39 is 0 Å². The lowest BCUT2D eigenvalue weighted by Crippen LogP contribution is -1.88. The Morgan fingerprint density at radius 1 is 0.367 bits per heavy atom. The van der Waals surface area contributed by atoms with Crippen LogP contribution in [0.4, 0.5) is 0 Å². The Balaban J connectivity index is 1.69. The van der Waals surface area contributed by atoms with Gasteiger partial charge in [0.25, 0.3) is 0 Å². The zero-order valence-electron chi connectivity index (χ0n) is 16.3. The van der Waals surface area contributed by atoms with Crippen molar-refractivity contribution in [2.75, 3.05) is 0 Å². The van der Waals surface area contributed by atoms with Crippen molar-refractivity contribution < 1.29 is 0 Å². The number of rotatable bonds is 2. The van der Waals surface area contributed by atoms with Crippen molar-refractivity contribution in [2.45, 2.75) is 0 Å². The smallest absolute Gasteiger partial charge is 0.0702 e. The molecule has 0 aliphatic carbocycles. The third-order valence-electron chi connectivity index (χ3n) is 5.76. The highest BCUT2D eigenvalue weighted by Crippen LogP contribution is 2.38. The Kier molecular flexibility index (Phi) is 3.82. The second-order valence-corrected chi connectivity index (χ2v) is 7.50. The summed E-state index contributed by atoms with van der Waals surface area (Å²) < 4.78 is 0. The van der Waals surface area contributed by atoms with Gasteiger partial charge in [0.15, 0.2) is 0 Å². The molecule has 30 heavy (non-hydrogen) atoms. The topological polar surface area (TPSA) is 25.8 Å². The second-order valence-electron chi connectivity index (χ2n) is 7.50. The molecule has 2 heteroatoms. The van der Waals surface area contributed by atoms with E-state index in [4.69, 9.17) is 0 Å². The Morgan fingerprint density at radius 2 is 0.800 bits per heavy atom. The molecule has 4 aromatic carbocycles. The average molecular weight is 382 g/mol. The highest BCUT2D eigenvalue weighted by atomic mass is 14.7. The molecule has 0 aliphatic heterocycles. The van der Waals surface area contributed by atoms with Crippen molar-refractivity contribution in [1.29, 1.82) is 0 Å². The predicted octanol–water partition coefficient (Wildman–Crippen LogP) is 7.27. The number of nitrogens with zero attached hydrogens (tertiary/aromatic N) is 2. The van der Waals surface area contributed by atoms with Crippen LogP contribution in [0.2, 0.25) is 0 Å². The van der Waals surface area contributed by atoms with Crippen molar-refractivity contribution in [2.24, 2.45) is 0 Å². The van der Waals surface area contributed by atoms with Crippen LogP contribution in [-0.4, -0.2) is 9.97 Å². The van der Waals surface area contributed by atoms with Crippen LogP contribution in [0.25, 0.3) is 54.8 Å². The van der Waals surface area contributed by atoms with Gasteiger partial charge in [-0.05, 0) is 68.7 Å². The number of hydrogen-bond donors (Lipinski definition) is 0. The monoisotopic (exact) mass is 382 g/mol. The molecule has 0 amide bonds. The van der Waals surface area contributed by atoms with Gasteiger partial charge in [0.2, 0.25) is 0 Å². The lowest BCUT2D eigenvalue weighted by molar-refractivity contribution is 1.33. The summed E-state index contributed by atoms with van der Waals surface area (Å²) >= 11 is 0. The van der Waals surface area contributed by atoms with E-state index in [0.717, 1.165) is 22.5 Å². The molecule has 140 valence electrons. The number of benzene rings is 4. The van der Waals surface area contributed by atoms with Gasteiger partial charge in [0, 0.05) is 23.5 Å². The van der Waals surface area contributed by atoms with Gasteiger partial charge >= 0.3 is 0 Å². The Morgan fingerprint density at radius 3 is 1.23 bits per heavy atom. The molecule has 0 bridgehead atoms. The maximum absolute atomic E-state index is 4.54. The lowest BCUT2D eigenvalue weighted by Gasteiger charge is -2.13. The molecule has 6 rings (SSSR count). The minimum Gasteiger partial charge on any atom is -0.256 e. The van der Waals surface area contributed by atoms with Crippen molar-refractivity contribution in [3.05, 3.63) is 109 Å². The molecule has 0 saturated heterocycles. The summed E-state index contributed by atoms with van der Waals surface area (Å²) in [5.41, 5.74) is 4.26. The van der Waals surface area contributed by atoms with E-state index in [1.807, 2.05) is 36.7 Å². The molecule has 0 unspecified atom stereocenters. The summed E-state index contributed by atoms with van der Waals surface area (Å²) in [6.45, 7) is 0. The van der Waals surface area contributed by atoms with Crippen LogP contribution in [0.5, 0.6) is 0 Å². The van der Waals surface area contributed by atoms with Crippen molar-refractivity contribution in [3.8, 4) is 22.5 Å². The summed E-state index contributed by atoms with van der Waals surface area (Å²) in [6.07, 6.45) is 3.69. The first kappa shape index (κ1) is 16.9. The summed E-state index contributed by atoms with van der Waals surface area (Å²) in [6, 6.07) is 34.1. The molecule has 0 N–H and O–H groups in total. The molecule has 0 radical (unpaired) electrons. The third kappa shape index (κ3) is 2.66. The van der Waals surface area contributed by atoms with Gasteiger partial charge in [-0.25, -0.2) is 0 Å². The van der Waals surface area contributed by atoms with Crippen LogP contribution >= 0.6 is 0 Å². The third-order valence-corrected chi connectivity index (χ3v) is 5.76. The molecule has 2 heterocycles. The van der Waals surface area contributed by atoms with Gasteiger partial charge in [-0.1, -0.05) is 60.7 Å². The van der Waals surface area contributed by atoms with E-state index in [2.05, 4.69) is 82.8 Å². The number of pyridine rings is 2. The van der Waals surface area contributed by atoms with E-state index >= 15 is 0 Å². The number of aromatic nitrogens is 2. The molecule has 2 nitrogen and oxygen atoms in total. The van der Waals surface area contributed by atoms with E-state index in [1.54, 1.807) is 0 Å². The summed E-state index contributed by atoms with van der Waals surface area (Å²) in [5.74, 6) is 0. The fourth-order valence-corrected chi connectivity index (χ4v) is 4.34. The highest BCUT2D eigenvalue weighted by molar-refractivity contribution is 6.26. The van der Waals surface area contributed by atoms with E-state index in [0.29, 0.717) is 0 Å². The molecule has 0 spiro atoms. The van der Waals surface area contributed by atoms with Crippen LogP contribution in [0.15, 0.2) is 109 Å². The standard InChI is InChI=1S/C28H18N2/c1-2-8-22-21(7-1)25-17-19(27-9-3-5-15-29-27)11-13-23(25)24-14-12-20(18-26(22)24)28-10-4-6-16-30-28/h1-18H. The Bertz CT molecular complexity index is 1380. The molecular weight excluding hydrogens is 364 g/mol. The highest BCUT2D eigenvalue weighted by Gasteiger charge is 2.11. The van der Waals surface area contributed by atoms with Gasteiger partial charge in [0.05, 0.1) is 11.4 Å². The maximum Gasteiger partial charge on any atom is 0.0702 e. The zero-order chi connectivity index (χ0) is 19.9. The van der Waals surface area contributed by atoms with Crippen LogP contribution in [0.3, 0.4) is 0 Å². The first-order valence-electron chi connectivity index (χ1n) is 10.1. The normalized spacial score (nSPS) is 11.3. The van der Waals surface area contributed by atoms with Crippen molar-refractivity contribution >= 4 is 32.3 Å². The van der Waals surface area contributed by atoms with Crippen molar-refractivity contribution in [3.63, 3.8) is 0 Å². The molecule has 2 aromatic heterocycles. The fourth-order valence-electron chi connectivity index (χ4n) is 4.34. The van der Waals surface area contributed by atoms with Crippen molar-refractivity contribution in [1.82, 2.24) is 9.97 Å². The van der Waals surface area contributed by atoms with Crippen LogP contribution in [0, 0.1) is 0 Å². The van der Waals surface area contributed by atoms with E-state index in [-0.39, 0.29) is 0 Å². The second kappa shape index (κ2) is 6.78. The SMILES string of the molecule is c1ccc(-c2ccc3c4ccc(-c5ccccn5)cc4c4ccccc4c3c2)nc1. The molecule has 0 saturated carbocycles. The quantitative estimate of drug-likeness (QED) is 0.294. The predicted molar refractivity (Wildman–Crippen MR) is 125 cm³/mol. The zero-order valence-corrected chi connectivity index (χ0v) is 16.3. The minimum atomic E-state index is 0.995. The van der Waals surface area contributed by atoms with Gasteiger partial charge in [-0.15, -0.1) is 0 Å². The summed E-state index contributed by atoms with van der Waals surface area (Å²) in [5, 5.41) is 7.55. The molecular formula is C28H18N2. The van der Waals surface area contributed by atoms with Crippen LogP contribution < -0.4 is 0 Å². The Hall–Kier alpha value is -4.04. The number of hydrogen-bond acceptors (Lipinski definition) is 2. The van der Waals surface area contributed by atoms with Gasteiger partial charge in [0.1, 0.15) is 0 Å². The minimum absolute atomic E-state index is 0.995. The summed E-state index contributed by atoms with van der Waals surface area (Å²) in [4.78, 5) is 9.07. The summed E-state index contributed by atoms with van der Waals surface area (Å²) in [7, 11) is 0. The first-order valence-corrected chi connectivity index (χ1v) is 10.1.